The Kier molecular flexibility index (Phi) is 6.66. The van der Waals surface area contributed by atoms with Crippen LogP contribution in [-0.4, -0.2) is 24.2 Å². The number of nitrogens with one attached hydrogen (secondary N) is 2. The molecule has 3 rings (SSSR count). The van der Waals surface area contributed by atoms with E-state index in [9.17, 15) is 9.90 Å². The Morgan fingerprint density at radius 1 is 0.963 bits per heavy atom. The third-order valence-electron chi connectivity index (χ3n) is 4.33. The molecule has 1 unspecified atom stereocenters. The summed E-state index contributed by atoms with van der Waals surface area (Å²) < 4.78 is 5.35. The molecule has 0 saturated heterocycles. The highest BCUT2D eigenvalue weighted by molar-refractivity contribution is 5.73. The van der Waals surface area contributed by atoms with E-state index >= 15 is 0 Å². The second kappa shape index (κ2) is 9.59. The standard InChI is InChI=1S/C22H24N2O3/c25-20(18-10-12-19(13-11-18)21-9-5-15-27-21)16-24-22(26)23-14-4-8-17-6-2-1-3-7-17/h1-3,5-7,9-13,15,20,25H,4,8,14,16H2,(H2,23,24,26). The summed E-state index contributed by atoms with van der Waals surface area (Å²) in [4.78, 5) is 11.9. The van der Waals surface area contributed by atoms with E-state index in [2.05, 4.69) is 22.8 Å². The molecule has 5 nitrogen and oxygen atoms in total. The number of carbonyl (C=O) groups excluding carboxylic acids is 1. The molecule has 0 bridgehead atoms. The van der Waals surface area contributed by atoms with Crippen LogP contribution in [0, 0.1) is 0 Å². The second-order valence-electron chi connectivity index (χ2n) is 6.34. The third-order valence-corrected chi connectivity index (χ3v) is 4.33. The van der Waals surface area contributed by atoms with Gasteiger partial charge in [0.05, 0.1) is 12.4 Å². The van der Waals surface area contributed by atoms with Crippen LogP contribution in [0.4, 0.5) is 4.79 Å². The zero-order valence-electron chi connectivity index (χ0n) is 15.1. The Hall–Kier alpha value is -3.05. The van der Waals surface area contributed by atoms with Crippen molar-refractivity contribution in [3.05, 3.63) is 84.1 Å². The minimum absolute atomic E-state index is 0.157. The monoisotopic (exact) mass is 364 g/mol. The molecule has 5 heteroatoms. The van der Waals surface area contributed by atoms with Gasteiger partial charge in [0.25, 0.3) is 0 Å². The first kappa shape index (κ1) is 18.7. The molecule has 2 amide bonds. The molecule has 3 N–H and O–H groups in total. The van der Waals surface area contributed by atoms with Crippen molar-refractivity contribution in [2.75, 3.05) is 13.1 Å². The summed E-state index contributed by atoms with van der Waals surface area (Å²) in [5.74, 6) is 0.782. The first-order chi connectivity index (χ1) is 13.2. The number of aryl methyl sites for hydroxylation is 1. The Bertz CT molecular complexity index is 815. The van der Waals surface area contributed by atoms with Crippen LogP contribution in [-0.2, 0) is 6.42 Å². The number of aliphatic hydroxyl groups excluding tert-OH is 1. The average Bonchev–Trinajstić information content (AvgIpc) is 3.25. The van der Waals surface area contributed by atoms with E-state index in [0.717, 1.165) is 29.7 Å². The van der Waals surface area contributed by atoms with Gasteiger partial charge in [-0.3, -0.25) is 0 Å². The van der Waals surface area contributed by atoms with Crippen molar-refractivity contribution in [3.63, 3.8) is 0 Å². The predicted octanol–water partition coefficient (Wildman–Crippen LogP) is 3.91. The van der Waals surface area contributed by atoms with Gasteiger partial charge in [-0.15, -0.1) is 0 Å². The van der Waals surface area contributed by atoms with Gasteiger partial charge in [-0.1, -0.05) is 54.6 Å². The van der Waals surface area contributed by atoms with Gasteiger partial charge in [-0.2, -0.15) is 0 Å². The Morgan fingerprint density at radius 3 is 2.44 bits per heavy atom. The number of hydrogen-bond donors (Lipinski definition) is 3. The number of hydrogen-bond acceptors (Lipinski definition) is 3. The van der Waals surface area contributed by atoms with Crippen LogP contribution < -0.4 is 10.6 Å². The van der Waals surface area contributed by atoms with Crippen LogP contribution in [0.5, 0.6) is 0 Å². The number of urea groups is 1. The molecule has 3 aromatic rings. The van der Waals surface area contributed by atoms with Crippen molar-refractivity contribution < 1.29 is 14.3 Å². The average molecular weight is 364 g/mol. The molecule has 0 fully saturated rings. The van der Waals surface area contributed by atoms with E-state index in [1.165, 1.54) is 5.56 Å². The molecule has 0 aliphatic rings. The molecule has 140 valence electrons. The summed E-state index contributed by atoms with van der Waals surface area (Å²) in [5.41, 5.74) is 2.95. The minimum Gasteiger partial charge on any atom is -0.464 e. The minimum atomic E-state index is -0.759. The lowest BCUT2D eigenvalue weighted by atomic mass is 10.1. The third kappa shape index (κ3) is 5.72. The van der Waals surface area contributed by atoms with Gasteiger partial charge in [0, 0.05) is 18.7 Å². The molecular weight excluding hydrogens is 340 g/mol. The van der Waals surface area contributed by atoms with E-state index in [-0.39, 0.29) is 12.6 Å². The molecule has 1 atom stereocenters. The summed E-state index contributed by atoms with van der Waals surface area (Å²) in [6.07, 6.45) is 2.66. The van der Waals surface area contributed by atoms with Crippen molar-refractivity contribution in [3.8, 4) is 11.3 Å². The van der Waals surface area contributed by atoms with Crippen LogP contribution in [0.1, 0.15) is 23.7 Å². The van der Waals surface area contributed by atoms with Crippen molar-refractivity contribution in [2.45, 2.75) is 18.9 Å². The van der Waals surface area contributed by atoms with Gasteiger partial charge < -0.3 is 20.2 Å². The number of benzene rings is 2. The molecular formula is C22H24N2O3. The smallest absolute Gasteiger partial charge is 0.314 e. The maximum Gasteiger partial charge on any atom is 0.314 e. The fourth-order valence-corrected chi connectivity index (χ4v) is 2.82. The molecule has 0 aliphatic carbocycles. The number of furan rings is 1. The highest BCUT2D eigenvalue weighted by Gasteiger charge is 2.10. The quantitative estimate of drug-likeness (QED) is 0.531. The van der Waals surface area contributed by atoms with E-state index in [1.807, 2.05) is 54.6 Å². The van der Waals surface area contributed by atoms with Crippen molar-refractivity contribution in [2.24, 2.45) is 0 Å². The highest BCUT2D eigenvalue weighted by atomic mass is 16.3. The number of rotatable bonds is 8. The summed E-state index contributed by atoms with van der Waals surface area (Å²) in [6, 6.07) is 21.1. The normalized spacial score (nSPS) is 11.7. The zero-order valence-corrected chi connectivity index (χ0v) is 15.1. The molecule has 0 radical (unpaired) electrons. The van der Waals surface area contributed by atoms with E-state index in [0.29, 0.717) is 6.54 Å². The van der Waals surface area contributed by atoms with Crippen LogP contribution in [0.25, 0.3) is 11.3 Å². The lowest BCUT2D eigenvalue weighted by Crippen LogP contribution is -2.38. The maximum absolute atomic E-state index is 11.9. The fraction of sp³-hybridized carbons (Fsp3) is 0.227. The summed E-state index contributed by atoms with van der Waals surface area (Å²) >= 11 is 0. The van der Waals surface area contributed by atoms with Gasteiger partial charge in [0.1, 0.15) is 5.76 Å². The molecule has 2 aromatic carbocycles. The number of aliphatic hydroxyl groups is 1. The Balaban J connectivity index is 1.37. The summed E-state index contributed by atoms with van der Waals surface area (Å²) in [5, 5.41) is 15.8. The van der Waals surface area contributed by atoms with Gasteiger partial charge in [0.15, 0.2) is 0 Å². The van der Waals surface area contributed by atoms with Crippen LogP contribution in [0.3, 0.4) is 0 Å². The van der Waals surface area contributed by atoms with Gasteiger partial charge in [-0.25, -0.2) is 4.79 Å². The topological polar surface area (TPSA) is 74.5 Å². The van der Waals surface area contributed by atoms with Crippen molar-refractivity contribution in [1.29, 1.82) is 0 Å². The summed E-state index contributed by atoms with van der Waals surface area (Å²) in [7, 11) is 0. The molecule has 0 spiro atoms. The van der Waals surface area contributed by atoms with Crippen LogP contribution in [0.15, 0.2) is 77.4 Å². The van der Waals surface area contributed by atoms with Crippen LogP contribution >= 0.6 is 0 Å². The van der Waals surface area contributed by atoms with Gasteiger partial charge in [0.2, 0.25) is 0 Å². The van der Waals surface area contributed by atoms with E-state index < -0.39 is 6.10 Å². The highest BCUT2D eigenvalue weighted by Crippen LogP contribution is 2.22. The van der Waals surface area contributed by atoms with Gasteiger partial charge >= 0.3 is 6.03 Å². The largest absolute Gasteiger partial charge is 0.464 e. The SMILES string of the molecule is O=C(NCCCc1ccccc1)NCC(O)c1ccc(-c2ccco2)cc1. The number of carbonyl (C=O) groups is 1. The zero-order chi connectivity index (χ0) is 18.9. The lowest BCUT2D eigenvalue weighted by molar-refractivity contribution is 0.173. The Labute approximate surface area is 159 Å². The van der Waals surface area contributed by atoms with E-state index in [4.69, 9.17) is 4.42 Å². The van der Waals surface area contributed by atoms with Crippen molar-refractivity contribution >= 4 is 6.03 Å². The number of amides is 2. The molecule has 0 aliphatic heterocycles. The van der Waals surface area contributed by atoms with Crippen LogP contribution in [0.2, 0.25) is 0 Å². The molecule has 0 saturated carbocycles. The second-order valence-corrected chi connectivity index (χ2v) is 6.34. The molecule has 1 heterocycles. The first-order valence-corrected chi connectivity index (χ1v) is 9.10. The lowest BCUT2D eigenvalue weighted by Gasteiger charge is -2.13. The summed E-state index contributed by atoms with van der Waals surface area (Å²) in [6.45, 7) is 0.749. The predicted molar refractivity (Wildman–Crippen MR) is 105 cm³/mol. The molecule has 1 aromatic heterocycles. The maximum atomic E-state index is 11.9. The van der Waals surface area contributed by atoms with E-state index in [1.54, 1.807) is 6.26 Å². The first-order valence-electron chi connectivity index (χ1n) is 9.10. The molecule has 27 heavy (non-hydrogen) atoms. The Morgan fingerprint density at radius 2 is 1.74 bits per heavy atom. The fourth-order valence-electron chi connectivity index (χ4n) is 2.82. The van der Waals surface area contributed by atoms with Gasteiger partial charge in [-0.05, 0) is 36.1 Å². The van der Waals surface area contributed by atoms with Crippen molar-refractivity contribution in [1.82, 2.24) is 10.6 Å².